The van der Waals surface area contributed by atoms with Gasteiger partial charge in [0.2, 0.25) is 11.8 Å². The second-order valence-corrected chi connectivity index (χ2v) is 11.8. The molecule has 0 saturated carbocycles. The van der Waals surface area contributed by atoms with Crippen molar-refractivity contribution in [1.29, 1.82) is 0 Å². The minimum atomic E-state index is -0.586. The molecule has 2 saturated heterocycles. The summed E-state index contributed by atoms with van der Waals surface area (Å²) in [4.78, 5) is 25.7. The van der Waals surface area contributed by atoms with Gasteiger partial charge in [-0.3, -0.25) is 19.7 Å². The molecule has 2 aliphatic rings. The van der Waals surface area contributed by atoms with E-state index in [1.807, 2.05) is 66.7 Å². The van der Waals surface area contributed by atoms with E-state index in [0.29, 0.717) is 19.4 Å². The summed E-state index contributed by atoms with van der Waals surface area (Å²) in [6, 6.07) is 24.1. The Morgan fingerprint density at radius 1 is 0.867 bits per heavy atom. The number of aliphatic hydroxyl groups excluding tert-OH is 2. The van der Waals surface area contributed by atoms with Gasteiger partial charge < -0.3 is 25.0 Å². The Morgan fingerprint density at radius 2 is 1.62 bits per heavy atom. The van der Waals surface area contributed by atoms with Crippen molar-refractivity contribution in [2.45, 2.75) is 76.2 Å². The lowest BCUT2D eigenvalue weighted by molar-refractivity contribution is -0.253. The molecule has 5 N–H and O–H groups in total. The van der Waals surface area contributed by atoms with Crippen LogP contribution in [0.4, 0.5) is 0 Å². The third-order valence-corrected chi connectivity index (χ3v) is 8.60. The van der Waals surface area contributed by atoms with Crippen LogP contribution in [0.25, 0.3) is 11.1 Å². The lowest BCUT2D eigenvalue weighted by atomic mass is 9.98. The summed E-state index contributed by atoms with van der Waals surface area (Å²) in [5.74, 6) is -0.666. The monoisotopic (exact) mass is 617 g/mol. The van der Waals surface area contributed by atoms with Gasteiger partial charge in [0.05, 0.1) is 25.4 Å². The van der Waals surface area contributed by atoms with E-state index in [2.05, 4.69) is 16.3 Å². The molecule has 3 aromatic carbocycles. The largest absolute Gasteiger partial charge is 0.395 e. The first-order valence-corrected chi connectivity index (χ1v) is 15.7. The molecular formula is C35H43N3O7. The number of rotatable bonds is 13. The van der Waals surface area contributed by atoms with Gasteiger partial charge in [-0.25, -0.2) is 5.48 Å². The number of aliphatic hydroxyl groups is 2. The first kappa shape index (κ1) is 32.7. The summed E-state index contributed by atoms with van der Waals surface area (Å²) < 4.78 is 13.2. The maximum absolute atomic E-state index is 12.2. The normalized spacial score (nSPS) is 21.8. The molecule has 0 radical (unpaired) electrons. The van der Waals surface area contributed by atoms with Crippen LogP contribution in [0.5, 0.6) is 0 Å². The van der Waals surface area contributed by atoms with Gasteiger partial charge in [-0.2, -0.15) is 0 Å². The van der Waals surface area contributed by atoms with E-state index in [1.54, 1.807) is 5.48 Å². The SMILES string of the molecule is O=C(CCCC(=O)NCc1cccc(-c2cccc(C3OC(CN4CCCC4CO)CC(c4ccc(CO)cc4)O3)c2)c1)NO. The summed E-state index contributed by atoms with van der Waals surface area (Å²) in [5.41, 5.74) is 7.29. The van der Waals surface area contributed by atoms with Crippen molar-refractivity contribution in [2.75, 3.05) is 19.7 Å². The summed E-state index contributed by atoms with van der Waals surface area (Å²) >= 11 is 0. The van der Waals surface area contributed by atoms with Crippen molar-refractivity contribution < 1.29 is 34.5 Å². The number of amides is 2. The number of likely N-dealkylation sites (tertiary alicyclic amines) is 1. The fourth-order valence-corrected chi connectivity index (χ4v) is 6.12. The van der Waals surface area contributed by atoms with Crippen LogP contribution < -0.4 is 10.8 Å². The number of carbonyl (C=O) groups is 2. The standard InChI is InChI=1S/C35H43N3O7/c39-22-24-12-14-26(15-13-24)32-19-31(21-38-16-4-9-30(38)23-40)44-35(45-32)29-8-2-7-28(18-29)27-6-1-5-25(17-27)20-36-33(41)10-3-11-34(42)37-43/h1-2,5-8,12-15,17-18,30-32,35,39-40,43H,3-4,9-11,16,19-23H2,(H,36,41)(H,37,42). The zero-order valence-corrected chi connectivity index (χ0v) is 25.4. The molecular weight excluding hydrogens is 574 g/mol. The van der Waals surface area contributed by atoms with Crippen LogP contribution in [0.2, 0.25) is 0 Å². The lowest BCUT2D eigenvalue weighted by Crippen LogP contribution is -2.42. The highest BCUT2D eigenvalue weighted by molar-refractivity contribution is 5.78. The Labute approximate surface area is 263 Å². The number of nitrogens with zero attached hydrogens (tertiary/aromatic N) is 1. The molecule has 10 nitrogen and oxygen atoms in total. The zero-order chi connectivity index (χ0) is 31.6. The van der Waals surface area contributed by atoms with Crippen LogP contribution in [0, 0.1) is 0 Å². The van der Waals surface area contributed by atoms with Gasteiger partial charge >= 0.3 is 0 Å². The van der Waals surface area contributed by atoms with Gasteiger partial charge in [0.25, 0.3) is 0 Å². The second-order valence-electron chi connectivity index (χ2n) is 11.8. The molecule has 2 heterocycles. The average Bonchev–Trinajstić information content (AvgIpc) is 3.54. The molecule has 2 amide bonds. The number of carbonyl (C=O) groups excluding carboxylic acids is 2. The smallest absolute Gasteiger partial charge is 0.243 e. The van der Waals surface area contributed by atoms with E-state index >= 15 is 0 Å². The van der Waals surface area contributed by atoms with Crippen LogP contribution in [-0.4, -0.2) is 64.0 Å². The van der Waals surface area contributed by atoms with Crippen molar-refractivity contribution in [3.63, 3.8) is 0 Å². The van der Waals surface area contributed by atoms with E-state index < -0.39 is 12.2 Å². The highest BCUT2D eigenvalue weighted by Crippen LogP contribution is 2.39. The van der Waals surface area contributed by atoms with Gasteiger partial charge in [-0.05, 0) is 65.8 Å². The van der Waals surface area contributed by atoms with E-state index in [4.69, 9.17) is 14.7 Å². The molecule has 2 aliphatic heterocycles. The molecule has 0 aliphatic carbocycles. The van der Waals surface area contributed by atoms with E-state index in [1.165, 1.54) is 0 Å². The first-order chi connectivity index (χ1) is 21.9. The summed E-state index contributed by atoms with van der Waals surface area (Å²) in [5, 5.41) is 30.9. The number of nitrogens with one attached hydrogen (secondary N) is 2. The predicted octanol–water partition coefficient (Wildman–Crippen LogP) is 4.14. The van der Waals surface area contributed by atoms with Crippen molar-refractivity contribution in [3.8, 4) is 11.1 Å². The topological polar surface area (TPSA) is 141 Å². The molecule has 0 spiro atoms. The Bertz CT molecular complexity index is 1420. The van der Waals surface area contributed by atoms with Crippen molar-refractivity contribution in [3.05, 3.63) is 95.1 Å². The molecule has 4 atom stereocenters. The molecule has 45 heavy (non-hydrogen) atoms. The minimum absolute atomic E-state index is 0.0104. The van der Waals surface area contributed by atoms with Crippen LogP contribution in [0.3, 0.4) is 0 Å². The Kier molecular flexibility index (Phi) is 11.7. The fourth-order valence-electron chi connectivity index (χ4n) is 6.12. The van der Waals surface area contributed by atoms with Crippen LogP contribution in [-0.2, 0) is 32.2 Å². The highest BCUT2D eigenvalue weighted by atomic mass is 16.7. The minimum Gasteiger partial charge on any atom is -0.395 e. The quantitative estimate of drug-likeness (QED) is 0.142. The molecule has 5 rings (SSSR count). The van der Waals surface area contributed by atoms with Gasteiger partial charge in [0, 0.05) is 44.0 Å². The van der Waals surface area contributed by atoms with Gasteiger partial charge in [-0.1, -0.05) is 60.7 Å². The van der Waals surface area contributed by atoms with Crippen molar-refractivity contribution in [1.82, 2.24) is 15.7 Å². The molecule has 10 heteroatoms. The summed E-state index contributed by atoms with van der Waals surface area (Å²) in [6.45, 7) is 2.16. The molecule has 4 unspecified atom stereocenters. The molecule has 0 aromatic heterocycles. The maximum atomic E-state index is 12.2. The number of ether oxygens (including phenoxy) is 2. The van der Waals surface area contributed by atoms with Gasteiger partial charge in [-0.15, -0.1) is 0 Å². The van der Waals surface area contributed by atoms with E-state index in [9.17, 15) is 19.8 Å². The third kappa shape index (κ3) is 8.97. The van der Waals surface area contributed by atoms with Crippen LogP contribution in [0.15, 0.2) is 72.8 Å². The average molecular weight is 618 g/mol. The first-order valence-electron chi connectivity index (χ1n) is 15.7. The Balaban J connectivity index is 1.29. The Morgan fingerprint density at radius 3 is 2.38 bits per heavy atom. The summed E-state index contributed by atoms with van der Waals surface area (Å²) in [6.07, 6.45) is 2.51. The van der Waals surface area contributed by atoms with Gasteiger partial charge in [0.1, 0.15) is 0 Å². The zero-order valence-electron chi connectivity index (χ0n) is 25.4. The van der Waals surface area contributed by atoms with Crippen molar-refractivity contribution >= 4 is 11.8 Å². The molecule has 240 valence electrons. The van der Waals surface area contributed by atoms with Crippen LogP contribution in [0.1, 0.15) is 73.2 Å². The fraction of sp³-hybridized carbons (Fsp3) is 0.429. The second kappa shape index (κ2) is 16.1. The predicted molar refractivity (Wildman–Crippen MR) is 168 cm³/mol. The van der Waals surface area contributed by atoms with Gasteiger partial charge in [0.15, 0.2) is 6.29 Å². The number of benzene rings is 3. The van der Waals surface area contributed by atoms with Crippen LogP contribution >= 0.6 is 0 Å². The number of hydrogen-bond donors (Lipinski definition) is 5. The summed E-state index contributed by atoms with van der Waals surface area (Å²) in [7, 11) is 0. The third-order valence-electron chi connectivity index (χ3n) is 8.60. The van der Waals surface area contributed by atoms with Crippen molar-refractivity contribution in [2.24, 2.45) is 0 Å². The lowest BCUT2D eigenvalue weighted by Gasteiger charge is -2.38. The number of hydroxylamine groups is 1. The maximum Gasteiger partial charge on any atom is 0.243 e. The molecule has 2 fully saturated rings. The number of hydrogen-bond acceptors (Lipinski definition) is 8. The molecule has 0 bridgehead atoms. The molecule has 3 aromatic rings. The van der Waals surface area contributed by atoms with E-state index in [0.717, 1.165) is 59.3 Å². The van der Waals surface area contributed by atoms with E-state index in [-0.39, 0.29) is 50.2 Å². The Hall–Kier alpha value is -3.64. The highest BCUT2D eigenvalue weighted by Gasteiger charge is 2.35.